The highest BCUT2D eigenvalue weighted by Crippen LogP contribution is 2.38. The molecule has 16 heavy (non-hydrogen) atoms. The van der Waals surface area contributed by atoms with E-state index in [-0.39, 0.29) is 6.10 Å². The highest BCUT2D eigenvalue weighted by molar-refractivity contribution is 5.78. The Kier molecular flexibility index (Phi) is 2.73. The fourth-order valence-electron chi connectivity index (χ4n) is 1.99. The molecule has 86 valence electrons. The normalized spacial score (nSPS) is 23.1. The first-order chi connectivity index (χ1) is 7.61. The molecule has 0 saturated carbocycles. The molecule has 0 fully saturated rings. The molecule has 0 aromatic heterocycles. The SMILES string of the molecule is COc1ccc2c(c1)C(C(=O)O)CC(C)O2. The first-order valence-corrected chi connectivity index (χ1v) is 5.19. The van der Waals surface area contributed by atoms with Crippen molar-refractivity contribution in [1.29, 1.82) is 0 Å². The fraction of sp³-hybridized carbons (Fsp3) is 0.417. The number of fused-ring (bicyclic) bond motifs is 1. The van der Waals surface area contributed by atoms with Crippen LogP contribution in [-0.2, 0) is 4.79 Å². The van der Waals surface area contributed by atoms with Gasteiger partial charge in [-0.3, -0.25) is 4.79 Å². The molecular weight excluding hydrogens is 208 g/mol. The van der Waals surface area contributed by atoms with Gasteiger partial charge in [0, 0.05) is 12.0 Å². The molecule has 2 unspecified atom stereocenters. The Morgan fingerprint density at radius 3 is 2.94 bits per heavy atom. The zero-order valence-corrected chi connectivity index (χ0v) is 9.27. The van der Waals surface area contributed by atoms with E-state index in [1.54, 1.807) is 25.3 Å². The molecular formula is C12H14O4. The molecule has 0 amide bonds. The number of benzene rings is 1. The van der Waals surface area contributed by atoms with Gasteiger partial charge in [-0.05, 0) is 25.1 Å². The Balaban J connectivity index is 2.45. The first-order valence-electron chi connectivity index (χ1n) is 5.19. The summed E-state index contributed by atoms with van der Waals surface area (Å²) in [7, 11) is 1.56. The second-order valence-electron chi connectivity index (χ2n) is 3.96. The Bertz CT molecular complexity index is 413. The molecule has 1 aliphatic rings. The van der Waals surface area contributed by atoms with Crippen molar-refractivity contribution < 1.29 is 19.4 Å². The summed E-state index contributed by atoms with van der Waals surface area (Å²) in [5.41, 5.74) is 0.699. The van der Waals surface area contributed by atoms with Crippen molar-refractivity contribution in [3.05, 3.63) is 23.8 Å². The highest BCUT2D eigenvalue weighted by Gasteiger charge is 2.31. The van der Waals surface area contributed by atoms with E-state index in [4.69, 9.17) is 9.47 Å². The van der Waals surface area contributed by atoms with Crippen LogP contribution in [0.4, 0.5) is 0 Å². The van der Waals surface area contributed by atoms with E-state index in [9.17, 15) is 9.90 Å². The monoisotopic (exact) mass is 222 g/mol. The number of ether oxygens (including phenoxy) is 2. The van der Waals surface area contributed by atoms with E-state index >= 15 is 0 Å². The predicted octanol–water partition coefficient (Wildman–Crippen LogP) is 2.03. The van der Waals surface area contributed by atoms with Crippen molar-refractivity contribution in [3.8, 4) is 11.5 Å². The van der Waals surface area contributed by atoms with Crippen LogP contribution in [0.3, 0.4) is 0 Å². The fourth-order valence-corrected chi connectivity index (χ4v) is 1.99. The third kappa shape index (κ3) is 1.83. The minimum Gasteiger partial charge on any atom is -0.497 e. The number of aliphatic carboxylic acids is 1. The van der Waals surface area contributed by atoms with Crippen LogP contribution in [0.2, 0.25) is 0 Å². The number of carboxylic acids is 1. The van der Waals surface area contributed by atoms with Gasteiger partial charge in [0.05, 0.1) is 19.1 Å². The van der Waals surface area contributed by atoms with Crippen molar-refractivity contribution in [2.75, 3.05) is 7.11 Å². The first kappa shape index (κ1) is 10.8. The summed E-state index contributed by atoms with van der Waals surface area (Å²) in [6.07, 6.45) is 0.428. The van der Waals surface area contributed by atoms with Gasteiger partial charge >= 0.3 is 5.97 Å². The number of rotatable bonds is 2. The van der Waals surface area contributed by atoms with Crippen LogP contribution in [0, 0.1) is 0 Å². The zero-order chi connectivity index (χ0) is 11.7. The lowest BCUT2D eigenvalue weighted by Gasteiger charge is -2.28. The Hall–Kier alpha value is -1.71. The molecule has 1 aliphatic heterocycles. The van der Waals surface area contributed by atoms with Gasteiger partial charge in [-0.2, -0.15) is 0 Å². The zero-order valence-electron chi connectivity index (χ0n) is 9.27. The van der Waals surface area contributed by atoms with Gasteiger partial charge < -0.3 is 14.6 Å². The van der Waals surface area contributed by atoms with Crippen molar-refractivity contribution in [3.63, 3.8) is 0 Å². The van der Waals surface area contributed by atoms with E-state index in [0.29, 0.717) is 23.5 Å². The maximum absolute atomic E-state index is 11.2. The minimum atomic E-state index is -0.815. The summed E-state index contributed by atoms with van der Waals surface area (Å²) in [4.78, 5) is 11.2. The van der Waals surface area contributed by atoms with Gasteiger partial charge in [-0.15, -0.1) is 0 Å². The standard InChI is InChI=1S/C12H14O4/c1-7-5-10(12(13)14)9-6-8(15-2)3-4-11(9)16-7/h3-4,6-7,10H,5H2,1-2H3,(H,13,14). The van der Waals surface area contributed by atoms with Gasteiger partial charge in [0.25, 0.3) is 0 Å². The third-order valence-electron chi connectivity index (χ3n) is 2.79. The third-order valence-corrected chi connectivity index (χ3v) is 2.79. The summed E-state index contributed by atoms with van der Waals surface area (Å²) in [6.45, 7) is 1.88. The van der Waals surface area contributed by atoms with Crippen LogP contribution < -0.4 is 9.47 Å². The molecule has 0 aliphatic carbocycles. The van der Waals surface area contributed by atoms with Crippen molar-refractivity contribution in [1.82, 2.24) is 0 Å². The van der Waals surface area contributed by atoms with Gasteiger partial charge in [0.15, 0.2) is 0 Å². The van der Waals surface area contributed by atoms with E-state index in [1.165, 1.54) is 0 Å². The lowest BCUT2D eigenvalue weighted by atomic mass is 9.90. The average molecular weight is 222 g/mol. The van der Waals surface area contributed by atoms with Crippen LogP contribution in [0.5, 0.6) is 11.5 Å². The molecule has 1 aromatic carbocycles. The summed E-state index contributed by atoms with van der Waals surface area (Å²) in [5.74, 6) is -0.0198. The number of methoxy groups -OCH3 is 1. The number of hydrogen-bond acceptors (Lipinski definition) is 3. The van der Waals surface area contributed by atoms with Crippen molar-refractivity contribution in [2.45, 2.75) is 25.4 Å². The van der Waals surface area contributed by atoms with Crippen molar-refractivity contribution >= 4 is 5.97 Å². The molecule has 1 heterocycles. The molecule has 0 saturated heterocycles. The second-order valence-corrected chi connectivity index (χ2v) is 3.96. The molecule has 1 aromatic rings. The van der Waals surface area contributed by atoms with E-state index in [0.717, 1.165) is 0 Å². The largest absolute Gasteiger partial charge is 0.497 e. The quantitative estimate of drug-likeness (QED) is 0.831. The molecule has 2 atom stereocenters. The van der Waals surface area contributed by atoms with E-state index in [1.807, 2.05) is 6.92 Å². The Morgan fingerprint density at radius 2 is 2.31 bits per heavy atom. The van der Waals surface area contributed by atoms with Gasteiger partial charge in [0.1, 0.15) is 11.5 Å². The Labute approximate surface area is 93.8 Å². The topological polar surface area (TPSA) is 55.8 Å². The molecule has 2 rings (SSSR count). The minimum absolute atomic E-state index is 0.0676. The van der Waals surface area contributed by atoms with Crippen molar-refractivity contribution in [2.24, 2.45) is 0 Å². The van der Waals surface area contributed by atoms with Crippen LogP contribution in [-0.4, -0.2) is 24.3 Å². The maximum Gasteiger partial charge on any atom is 0.311 e. The molecule has 4 nitrogen and oxygen atoms in total. The van der Waals surface area contributed by atoms with Crippen LogP contribution in [0.25, 0.3) is 0 Å². The summed E-state index contributed by atoms with van der Waals surface area (Å²) >= 11 is 0. The van der Waals surface area contributed by atoms with Gasteiger partial charge in [0.2, 0.25) is 0 Å². The Morgan fingerprint density at radius 1 is 1.56 bits per heavy atom. The van der Waals surface area contributed by atoms with Gasteiger partial charge in [-0.1, -0.05) is 0 Å². The van der Waals surface area contributed by atoms with Gasteiger partial charge in [-0.25, -0.2) is 0 Å². The van der Waals surface area contributed by atoms with Crippen LogP contribution >= 0.6 is 0 Å². The lowest BCUT2D eigenvalue weighted by molar-refractivity contribution is -0.139. The molecule has 0 bridgehead atoms. The number of carboxylic acid groups (broad SMARTS) is 1. The summed E-state index contributed by atoms with van der Waals surface area (Å²) in [6, 6.07) is 5.27. The van der Waals surface area contributed by atoms with E-state index in [2.05, 4.69) is 0 Å². The molecule has 0 spiro atoms. The lowest BCUT2D eigenvalue weighted by Crippen LogP contribution is -2.27. The van der Waals surface area contributed by atoms with E-state index < -0.39 is 11.9 Å². The molecule has 1 N–H and O–H groups in total. The van der Waals surface area contributed by atoms with Crippen LogP contribution in [0.1, 0.15) is 24.8 Å². The molecule has 4 heteroatoms. The predicted molar refractivity (Wildman–Crippen MR) is 58.1 cm³/mol. The summed E-state index contributed by atoms with van der Waals surface area (Å²) < 4.78 is 10.7. The van der Waals surface area contributed by atoms with Crippen LogP contribution in [0.15, 0.2) is 18.2 Å². The molecule has 0 radical (unpaired) electrons. The number of carbonyl (C=O) groups is 1. The summed E-state index contributed by atoms with van der Waals surface area (Å²) in [5, 5.41) is 9.17. The second kappa shape index (κ2) is 4.04. The number of hydrogen-bond donors (Lipinski definition) is 1. The smallest absolute Gasteiger partial charge is 0.311 e. The maximum atomic E-state index is 11.2. The average Bonchev–Trinajstić information content (AvgIpc) is 2.27. The highest BCUT2D eigenvalue weighted by atomic mass is 16.5.